The standard InChI is InChI=1S/C5H7N5OS/c6-4(11)2-3(5(7)12)10(8)1-9-2/h1H,8H2,(H2,6,11)(H2,7,12). The number of carbonyl (C=O) groups excluding carboxylic acids is 1. The largest absolute Gasteiger partial charge is 0.388 e. The first-order chi connectivity index (χ1) is 5.54. The number of nitrogens with two attached hydrogens (primary N) is 3. The molecule has 1 amide bonds. The summed E-state index contributed by atoms with van der Waals surface area (Å²) in [7, 11) is 0. The number of primary amides is 1. The number of imidazole rings is 1. The van der Waals surface area contributed by atoms with Gasteiger partial charge in [-0.25, -0.2) is 9.66 Å². The van der Waals surface area contributed by atoms with Gasteiger partial charge in [0.25, 0.3) is 5.91 Å². The fourth-order valence-corrected chi connectivity index (χ4v) is 0.987. The van der Waals surface area contributed by atoms with Crippen LogP contribution in [0.15, 0.2) is 6.33 Å². The van der Waals surface area contributed by atoms with Gasteiger partial charge in [0.1, 0.15) is 17.0 Å². The van der Waals surface area contributed by atoms with E-state index < -0.39 is 5.91 Å². The van der Waals surface area contributed by atoms with Gasteiger partial charge in [0.15, 0.2) is 5.69 Å². The molecule has 0 aromatic carbocycles. The van der Waals surface area contributed by atoms with Crippen LogP contribution in [-0.2, 0) is 0 Å². The fourth-order valence-electron chi connectivity index (χ4n) is 0.785. The van der Waals surface area contributed by atoms with E-state index >= 15 is 0 Å². The van der Waals surface area contributed by atoms with E-state index in [2.05, 4.69) is 17.2 Å². The molecular formula is C5H7N5OS. The lowest BCUT2D eigenvalue weighted by atomic mass is 10.3. The summed E-state index contributed by atoms with van der Waals surface area (Å²) in [5.41, 5.74) is 10.4. The number of hydrogen-bond donors (Lipinski definition) is 3. The Balaban J connectivity index is 3.31. The summed E-state index contributed by atoms with van der Waals surface area (Å²) in [6, 6.07) is 0. The van der Waals surface area contributed by atoms with Gasteiger partial charge in [-0.05, 0) is 0 Å². The molecule has 0 bridgehead atoms. The van der Waals surface area contributed by atoms with E-state index in [-0.39, 0.29) is 16.4 Å². The van der Waals surface area contributed by atoms with Crippen molar-refractivity contribution >= 4 is 23.1 Å². The van der Waals surface area contributed by atoms with Gasteiger partial charge < -0.3 is 17.3 Å². The minimum atomic E-state index is -0.706. The summed E-state index contributed by atoms with van der Waals surface area (Å²) >= 11 is 4.64. The van der Waals surface area contributed by atoms with Crippen molar-refractivity contribution in [3.8, 4) is 0 Å². The third-order valence-electron chi connectivity index (χ3n) is 1.26. The van der Waals surface area contributed by atoms with Crippen molar-refractivity contribution in [1.82, 2.24) is 9.66 Å². The van der Waals surface area contributed by atoms with Crippen LogP contribution in [0.2, 0.25) is 0 Å². The smallest absolute Gasteiger partial charge is 0.269 e. The Hall–Kier alpha value is -1.63. The maximum Gasteiger partial charge on any atom is 0.269 e. The first kappa shape index (κ1) is 8.47. The maximum atomic E-state index is 10.7. The summed E-state index contributed by atoms with van der Waals surface area (Å²) in [6.07, 6.45) is 1.22. The van der Waals surface area contributed by atoms with E-state index in [1.807, 2.05) is 0 Å². The number of thiocarbonyl (C=S) groups is 1. The minimum absolute atomic E-state index is 0.00926. The molecule has 1 heterocycles. The van der Waals surface area contributed by atoms with Crippen LogP contribution in [0.4, 0.5) is 0 Å². The molecule has 0 spiro atoms. The fraction of sp³-hybridized carbons (Fsp3) is 0. The van der Waals surface area contributed by atoms with Crippen molar-refractivity contribution in [1.29, 1.82) is 0 Å². The van der Waals surface area contributed by atoms with Crippen molar-refractivity contribution in [2.24, 2.45) is 11.5 Å². The molecule has 64 valence electrons. The number of carbonyl (C=O) groups is 1. The van der Waals surface area contributed by atoms with Crippen LogP contribution in [-0.4, -0.2) is 20.6 Å². The maximum absolute atomic E-state index is 10.7. The van der Waals surface area contributed by atoms with Crippen LogP contribution in [0.25, 0.3) is 0 Å². The van der Waals surface area contributed by atoms with Gasteiger partial charge >= 0.3 is 0 Å². The first-order valence-electron chi connectivity index (χ1n) is 2.96. The highest BCUT2D eigenvalue weighted by atomic mass is 32.1. The predicted molar refractivity (Wildman–Crippen MR) is 46.8 cm³/mol. The summed E-state index contributed by atoms with van der Waals surface area (Å²) in [4.78, 5) is 14.3. The molecule has 1 rings (SSSR count). The molecule has 12 heavy (non-hydrogen) atoms. The zero-order chi connectivity index (χ0) is 9.30. The molecule has 0 unspecified atom stereocenters. The van der Waals surface area contributed by atoms with Gasteiger partial charge in [-0.15, -0.1) is 0 Å². The summed E-state index contributed by atoms with van der Waals surface area (Å²) < 4.78 is 1.06. The third-order valence-corrected chi connectivity index (χ3v) is 1.45. The molecule has 6 nitrogen and oxygen atoms in total. The van der Waals surface area contributed by atoms with Crippen LogP contribution in [0, 0.1) is 0 Å². The third kappa shape index (κ3) is 1.21. The zero-order valence-corrected chi connectivity index (χ0v) is 6.84. The van der Waals surface area contributed by atoms with Crippen LogP contribution < -0.4 is 17.3 Å². The minimum Gasteiger partial charge on any atom is -0.388 e. The monoisotopic (exact) mass is 185 g/mol. The lowest BCUT2D eigenvalue weighted by Gasteiger charge is -1.99. The molecule has 0 atom stereocenters. The van der Waals surface area contributed by atoms with E-state index in [0.717, 1.165) is 4.68 Å². The highest BCUT2D eigenvalue weighted by molar-refractivity contribution is 7.80. The Morgan fingerprint density at radius 3 is 2.50 bits per heavy atom. The predicted octanol–water partition coefficient (Wildman–Crippen LogP) is -1.67. The molecule has 0 aliphatic carbocycles. The van der Waals surface area contributed by atoms with Gasteiger partial charge in [0, 0.05) is 0 Å². The highest BCUT2D eigenvalue weighted by Gasteiger charge is 2.16. The number of hydrogen-bond acceptors (Lipinski definition) is 4. The molecule has 1 aromatic rings. The Kier molecular flexibility index (Phi) is 1.96. The summed E-state index contributed by atoms with van der Waals surface area (Å²) in [5, 5.41) is 0. The topological polar surface area (TPSA) is 113 Å². The number of nitrogens with zero attached hydrogens (tertiary/aromatic N) is 2. The van der Waals surface area contributed by atoms with Gasteiger partial charge in [-0.2, -0.15) is 0 Å². The summed E-state index contributed by atoms with van der Waals surface area (Å²) in [5.74, 6) is 4.65. The SMILES string of the molecule is NC(=O)c1ncn(N)c1C(N)=S. The van der Waals surface area contributed by atoms with E-state index in [4.69, 9.17) is 17.3 Å². The Morgan fingerprint density at radius 2 is 2.17 bits per heavy atom. The van der Waals surface area contributed by atoms with Crippen LogP contribution >= 0.6 is 12.2 Å². The van der Waals surface area contributed by atoms with Crippen LogP contribution in [0.1, 0.15) is 16.2 Å². The van der Waals surface area contributed by atoms with Crippen molar-refractivity contribution in [2.45, 2.75) is 0 Å². The van der Waals surface area contributed by atoms with E-state index in [1.54, 1.807) is 0 Å². The number of rotatable bonds is 2. The van der Waals surface area contributed by atoms with Gasteiger partial charge in [0.2, 0.25) is 0 Å². The normalized spacial score (nSPS) is 9.67. The van der Waals surface area contributed by atoms with E-state index in [1.165, 1.54) is 6.33 Å². The Morgan fingerprint density at radius 1 is 1.58 bits per heavy atom. The van der Waals surface area contributed by atoms with Crippen molar-refractivity contribution < 1.29 is 4.79 Å². The van der Waals surface area contributed by atoms with Crippen LogP contribution in [0.5, 0.6) is 0 Å². The van der Waals surface area contributed by atoms with Crippen molar-refractivity contribution in [2.75, 3.05) is 5.84 Å². The summed E-state index contributed by atoms with van der Waals surface area (Å²) in [6.45, 7) is 0. The first-order valence-corrected chi connectivity index (χ1v) is 3.37. The second-order valence-corrected chi connectivity index (χ2v) is 2.52. The van der Waals surface area contributed by atoms with E-state index in [0.29, 0.717) is 0 Å². The second kappa shape index (κ2) is 2.78. The molecule has 0 saturated carbocycles. The van der Waals surface area contributed by atoms with Gasteiger partial charge in [0.05, 0.1) is 0 Å². The molecule has 6 N–H and O–H groups in total. The lowest BCUT2D eigenvalue weighted by Crippen LogP contribution is -2.25. The second-order valence-electron chi connectivity index (χ2n) is 2.08. The highest BCUT2D eigenvalue weighted by Crippen LogP contribution is 2.02. The number of aromatic nitrogens is 2. The molecule has 0 fully saturated rings. The molecular weight excluding hydrogens is 178 g/mol. The quantitative estimate of drug-likeness (QED) is 0.376. The van der Waals surface area contributed by atoms with E-state index in [9.17, 15) is 4.79 Å². The zero-order valence-electron chi connectivity index (χ0n) is 6.02. The number of nitrogen functional groups attached to an aromatic ring is 1. The molecule has 0 aliphatic heterocycles. The van der Waals surface area contributed by atoms with Gasteiger partial charge in [-0.1, -0.05) is 12.2 Å². The molecule has 0 aliphatic rings. The van der Waals surface area contributed by atoms with Crippen molar-refractivity contribution in [3.05, 3.63) is 17.7 Å². The number of amides is 1. The lowest BCUT2D eigenvalue weighted by molar-refractivity contribution is 0.0996. The average Bonchev–Trinajstić information content (AvgIpc) is 2.30. The average molecular weight is 185 g/mol. The van der Waals surface area contributed by atoms with Crippen LogP contribution in [0.3, 0.4) is 0 Å². The van der Waals surface area contributed by atoms with Crippen molar-refractivity contribution in [3.63, 3.8) is 0 Å². The Bertz CT molecular complexity index is 344. The molecule has 0 radical (unpaired) electrons. The molecule has 1 aromatic heterocycles. The molecule has 7 heteroatoms. The van der Waals surface area contributed by atoms with Gasteiger partial charge in [-0.3, -0.25) is 4.79 Å². The molecule has 0 saturated heterocycles. The Labute approximate surface area is 73.3 Å².